The van der Waals surface area contributed by atoms with Crippen LogP contribution < -0.4 is 15.5 Å². The number of benzene rings is 1. The minimum atomic E-state index is -0.554. The quantitative estimate of drug-likeness (QED) is 0.807. The van der Waals surface area contributed by atoms with Crippen molar-refractivity contribution in [3.63, 3.8) is 0 Å². The summed E-state index contributed by atoms with van der Waals surface area (Å²) in [6.45, 7) is 3.30. The highest BCUT2D eigenvalue weighted by Crippen LogP contribution is 2.42. The zero-order chi connectivity index (χ0) is 18.7. The van der Waals surface area contributed by atoms with Crippen molar-refractivity contribution in [1.29, 1.82) is 0 Å². The molecule has 0 bridgehead atoms. The van der Waals surface area contributed by atoms with Crippen LogP contribution >= 0.6 is 0 Å². The molecule has 0 unspecified atom stereocenters. The summed E-state index contributed by atoms with van der Waals surface area (Å²) >= 11 is 0. The van der Waals surface area contributed by atoms with Gasteiger partial charge in [0.1, 0.15) is 0 Å². The van der Waals surface area contributed by atoms with Gasteiger partial charge < -0.3 is 20.3 Å². The van der Waals surface area contributed by atoms with Gasteiger partial charge in [-0.2, -0.15) is 0 Å². The van der Waals surface area contributed by atoms with Crippen molar-refractivity contribution in [1.82, 2.24) is 5.32 Å². The van der Waals surface area contributed by atoms with Gasteiger partial charge in [0.05, 0.1) is 18.6 Å². The minimum Gasteiger partial charge on any atom is -0.378 e. The summed E-state index contributed by atoms with van der Waals surface area (Å²) in [7, 11) is 0. The molecule has 1 aromatic carbocycles. The summed E-state index contributed by atoms with van der Waals surface area (Å²) in [6, 6.07) is 8.33. The average molecular weight is 371 g/mol. The highest BCUT2D eigenvalue weighted by Gasteiger charge is 2.43. The van der Waals surface area contributed by atoms with Crippen LogP contribution in [0.25, 0.3) is 0 Å². The van der Waals surface area contributed by atoms with E-state index in [9.17, 15) is 9.59 Å². The van der Waals surface area contributed by atoms with Crippen molar-refractivity contribution >= 4 is 23.2 Å². The summed E-state index contributed by atoms with van der Waals surface area (Å²) in [6.07, 6.45) is 6.06. The number of nitrogens with one attached hydrogen (secondary N) is 2. The van der Waals surface area contributed by atoms with Gasteiger partial charge in [0.25, 0.3) is 0 Å². The van der Waals surface area contributed by atoms with Crippen molar-refractivity contribution in [2.75, 3.05) is 36.5 Å². The Morgan fingerprint density at radius 3 is 2.37 bits per heavy atom. The average Bonchev–Trinajstić information content (AvgIpc) is 3.37. The van der Waals surface area contributed by atoms with Gasteiger partial charge in [-0.1, -0.05) is 12.8 Å². The Labute approximate surface area is 160 Å². The van der Waals surface area contributed by atoms with E-state index in [0.717, 1.165) is 76.2 Å². The third kappa shape index (κ3) is 4.43. The Morgan fingerprint density at radius 2 is 1.74 bits per heavy atom. The molecule has 0 radical (unpaired) electrons. The number of amides is 2. The first-order valence-electron chi connectivity index (χ1n) is 10.2. The molecule has 1 aromatic rings. The summed E-state index contributed by atoms with van der Waals surface area (Å²) in [5.41, 5.74) is 1.39. The van der Waals surface area contributed by atoms with Crippen LogP contribution in [0.1, 0.15) is 44.9 Å². The molecule has 6 nitrogen and oxygen atoms in total. The number of anilines is 2. The van der Waals surface area contributed by atoms with Crippen molar-refractivity contribution in [3.05, 3.63) is 24.3 Å². The first-order valence-corrected chi connectivity index (χ1v) is 10.2. The van der Waals surface area contributed by atoms with Gasteiger partial charge in [0, 0.05) is 36.9 Å². The molecule has 3 fully saturated rings. The fraction of sp³-hybridized carbons (Fsp3) is 0.619. The van der Waals surface area contributed by atoms with Gasteiger partial charge in [-0.3, -0.25) is 9.59 Å². The van der Waals surface area contributed by atoms with Crippen molar-refractivity contribution < 1.29 is 14.3 Å². The Bertz CT molecular complexity index is 672. The second-order valence-corrected chi connectivity index (χ2v) is 8.11. The van der Waals surface area contributed by atoms with Crippen LogP contribution in [0.4, 0.5) is 11.4 Å². The molecular formula is C21H29N3O3. The van der Waals surface area contributed by atoms with Crippen molar-refractivity contribution in [2.24, 2.45) is 5.41 Å². The molecule has 1 aliphatic heterocycles. The number of nitrogens with zero attached hydrogens (tertiary/aromatic N) is 1. The molecule has 2 aliphatic carbocycles. The van der Waals surface area contributed by atoms with E-state index < -0.39 is 5.41 Å². The highest BCUT2D eigenvalue weighted by atomic mass is 16.5. The van der Waals surface area contributed by atoms with Crippen LogP contribution in [-0.4, -0.2) is 44.2 Å². The Balaban J connectivity index is 1.39. The number of morpholine rings is 1. The Hall–Kier alpha value is -2.08. The molecule has 146 valence electrons. The first kappa shape index (κ1) is 18.3. The Kier molecular flexibility index (Phi) is 5.34. The lowest BCUT2D eigenvalue weighted by Gasteiger charge is -2.29. The van der Waals surface area contributed by atoms with Gasteiger partial charge in [-0.25, -0.2) is 0 Å². The molecule has 2 amide bonds. The molecule has 0 spiro atoms. The van der Waals surface area contributed by atoms with Crippen LogP contribution in [0.3, 0.4) is 0 Å². The van der Waals surface area contributed by atoms with Gasteiger partial charge in [0.2, 0.25) is 11.8 Å². The standard InChI is InChI=1S/C21H29N3O3/c25-19(22-16-3-4-16)15-21(9-1-2-10-21)20(26)23-17-5-7-18(8-6-17)24-11-13-27-14-12-24/h5-8,16H,1-4,9-15H2,(H,22,25)(H,23,26). The van der Waals surface area contributed by atoms with Crippen LogP contribution in [0.15, 0.2) is 24.3 Å². The normalized spacial score (nSPS) is 21.7. The molecule has 6 heteroatoms. The Morgan fingerprint density at radius 1 is 1.07 bits per heavy atom. The topological polar surface area (TPSA) is 70.7 Å². The molecule has 2 saturated carbocycles. The fourth-order valence-corrected chi connectivity index (χ4v) is 4.19. The summed E-state index contributed by atoms with van der Waals surface area (Å²) in [5.74, 6) is 0.0160. The van der Waals surface area contributed by atoms with E-state index in [1.807, 2.05) is 24.3 Å². The zero-order valence-electron chi connectivity index (χ0n) is 15.8. The molecule has 4 rings (SSSR count). The largest absolute Gasteiger partial charge is 0.378 e. The number of rotatable bonds is 6. The van der Waals surface area contributed by atoms with Gasteiger partial charge in [-0.15, -0.1) is 0 Å². The fourth-order valence-electron chi connectivity index (χ4n) is 4.19. The maximum Gasteiger partial charge on any atom is 0.231 e. The highest BCUT2D eigenvalue weighted by molar-refractivity contribution is 5.98. The molecule has 1 heterocycles. The lowest BCUT2D eigenvalue weighted by atomic mass is 9.81. The minimum absolute atomic E-state index is 0.00919. The van der Waals surface area contributed by atoms with E-state index in [0.29, 0.717) is 12.5 Å². The SMILES string of the molecule is O=C(CC1(C(=O)Nc2ccc(N3CCOCC3)cc2)CCCC1)NC1CC1. The number of hydrogen-bond acceptors (Lipinski definition) is 4. The smallest absolute Gasteiger partial charge is 0.231 e. The van der Waals surface area contributed by atoms with E-state index in [1.165, 1.54) is 0 Å². The third-order valence-electron chi connectivity index (χ3n) is 5.99. The predicted octanol–water partition coefficient (Wildman–Crippen LogP) is 2.69. The molecule has 0 aromatic heterocycles. The molecule has 27 heavy (non-hydrogen) atoms. The van der Waals surface area contributed by atoms with Crippen molar-refractivity contribution in [2.45, 2.75) is 51.0 Å². The van der Waals surface area contributed by atoms with E-state index in [2.05, 4.69) is 15.5 Å². The van der Waals surface area contributed by atoms with Gasteiger partial charge in [-0.05, 0) is 49.9 Å². The maximum absolute atomic E-state index is 13.0. The van der Waals surface area contributed by atoms with E-state index in [4.69, 9.17) is 4.74 Å². The number of carbonyl (C=O) groups is 2. The lowest BCUT2D eigenvalue weighted by molar-refractivity contribution is -0.132. The summed E-state index contributed by atoms with van der Waals surface area (Å²) in [4.78, 5) is 27.7. The molecular weight excluding hydrogens is 342 g/mol. The lowest BCUT2D eigenvalue weighted by Crippen LogP contribution is -2.39. The molecule has 3 aliphatic rings. The molecule has 0 atom stereocenters. The molecule has 1 saturated heterocycles. The predicted molar refractivity (Wildman–Crippen MR) is 105 cm³/mol. The van der Waals surface area contributed by atoms with E-state index in [1.54, 1.807) is 0 Å². The van der Waals surface area contributed by atoms with E-state index >= 15 is 0 Å². The van der Waals surface area contributed by atoms with Crippen molar-refractivity contribution in [3.8, 4) is 0 Å². The van der Waals surface area contributed by atoms with Crippen LogP contribution in [-0.2, 0) is 14.3 Å². The van der Waals surface area contributed by atoms with Crippen LogP contribution in [0, 0.1) is 5.41 Å². The summed E-state index contributed by atoms with van der Waals surface area (Å²) in [5, 5.41) is 6.10. The van der Waals surface area contributed by atoms with Gasteiger partial charge in [0.15, 0.2) is 0 Å². The number of ether oxygens (including phenoxy) is 1. The zero-order valence-corrected chi connectivity index (χ0v) is 15.8. The van der Waals surface area contributed by atoms with Crippen LogP contribution in [0.5, 0.6) is 0 Å². The summed E-state index contributed by atoms with van der Waals surface area (Å²) < 4.78 is 5.39. The molecule has 2 N–H and O–H groups in total. The first-order chi connectivity index (χ1) is 13.1. The van der Waals surface area contributed by atoms with E-state index in [-0.39, 0.29) is 11.8 Å². The van der Waals surface area contributed by atoms with Gasteiger partial charge >= 0.3 is 0 Å². The second-order valence-electron chi connectivity index (χ2n) is 8.11. The second kappa shape index (κ2) is 7.89. The van der Waals surface area contributed by atoms with Crippen LogP contribution in [0.2, 0.25) is 0 Å². The number of carbonyl (C=O) groups excluding carboxylic acids is 2. The monoisotopic (exact) mass is 371 g/mol. The maximum atomic E-state index is 13.0. The number of hydrogen-bond donors (Lipinski definition) is 2. The third-order valence-corrected chi connectivity index (χ3v) is 5.99.